The number of benzene rings is 1. The second kappa shape index (κ2) is 6.54. The van der Waals surface area contributed by atoms with Crippen molar-refractivity contribution in [1.82, 2.24) is 14.5 Å². The molecule has 0 spiro atoms. The number of imide groups is 1. The van der Waals surface area contributed by atoms with Gasteiger partial charge in [0.1, 0.15) is 0 Å². The summed E-state index contributed by atoms with van der Waals surface area (Å²) in [5.41, 5.74) is 0.604. The van der Waals surface area contributed by atoms with Crippen LogP contribution in [0.4, 0.5) is 0 Å². The Labute approximate surface area is 137 Å². The lowest BCUT2D eigenvalue weighted by atomic mass is 10.2. The predicted octanol–water partition coefficient (Wildman–Crippen LogP) is 1.66. The summed E-state index contributed by atoms with van der Waals surface area (Å²) >= 11 is 1.40. The second-order valence-corrected chi connectivity index (χ2v) is 6.31. The highest BCUT2D eigenvalue weighted by Crippen LogP contribution is 2.19. The van der Waals surface area contributed by atoms with Crippen molar-refractivity contribution in [2.24, 2.45) is 0 Å². The Kier molecular flexibility index (Phi) is 4.47. The van der Waals surface area contributed by atoms with Crippen LogP contribution in [-0.4, -0.2) is 38.6 Å². The van der Waals surface area contributed by atoms with Gasteiger partial charge in [-0.1, -0.05) is 23.9 Å². The third-order valence-electron chi connectivity index (χ3n) is 3.84. The first-order valence-electron chi connectivity index (χ1n) is 7.57. The minimum absolute atomic E-state index is 0.0612. The van der Waals surface area contributed by atoms with E-state index in [9.17, 15) is 14.4 Å². The Hall–Kier alpha value is -2.15. The fraction of sp³-hybridized carbons (Fsp3) is 0.375. The Morgan fingerprint density at radius 1 is 1.13 bits per heavy atom. The van der Waals surface area contributed by atoms with Gasteiger partial charge < -0.3 is 0 Å². The smallest absolute Gasteiger partial charge is 0.262 e. The van der Waals surface area contributed by atoms with Gasteiger partial charge in [-0.15, -0.1) is 0 Å². The molecule has 1 saturated heterocycles. The van der Waals surface area contributed by atoms with E-state index in [0.717, 1.165) is 0 Å². The van der Waals surface area contributed by atoms with Crippen LogP contribution in [0.25, 0.3) is 10.9 Å². The topological polar surface area (TPSA) is 72.3 Å². The molecule has 1 fully saturated rings. The number of hydrogen-bond acceptors (Lipinski definition) is 5. The molecule has 2 aromatic rings. The van der Waals surface area contributed by atoms with Gasteiger partial charge in [0, 0.05) is 31.7 Å². The highest BCUT2D eigenvalue weighted by Gasteiger charge is 2.28. The van der Waals surface area contributed by atoms with Gasteiger partial charge in [0.05, 0.1) is 10.9 Å². The van der Waals surface area contributed by atoms with E-state index in [1.807, 2.05) is 25.1 Å². The van der Waals surface area contributed by atoms with Crippen LogP contribution in [-0.2, 0) is 16.1 Å². The molecule has 2 heterocycles. The molecule has 0 saturated carbocycles. The van der Waals surface area contributed by atoms with E-state index in [0.29, 0.717) is 47.7 Å². The lowest BCUT2D eigenvalue weighted by Gasteiger charge is -2.14. The number of aromatic nitrogens is 2. The predicted molar refractivity (Wildman–Crippen MR) is 88.4 cm³/mol. The summed E-state index contributed by atoms with van der Waals surface area (Å²) in [6.07, 6.45) is 0.606. The highest BCUT2D eigenvalue weighted by molar-refractivity contribution is 7.99. The van der Waals surface area contributed by atoms with Crippen LogP contribution in [0.2, 0.25) is 0 Å². The molecule has 3 rings (SSSR count). The van der Waals surface area contributed by atoms with Crippen LogP contribution in [0, 0.1) is 0 Å². The molecule has 7 heteroatoms. The van der Waals surface area contributed by atoms with Crippen LogP contribution >= 0.6 is 11.8 Å². The molecular formula is C16H17N3O3S. The number of carbonyl (C=O) groups excluding carboxylic acids is 2. The summed E-state index contributed by atoms with van der Waals surface area (Å²) in [7, 11) is 0. The third kappa shape index (κ3) is 3.01. The first-order chi connectivity index (χ1) is 11.1. The minimum Gasteiger partial charge on any atom is -0.287 e. The molecule has 0 bridgehead atoms. The van der Waals surface area contributed by atoms with E-state index in [1.54, 1.807) is 10.6 Å². The largest absolute Gasteiger partial charge is 0.287 e. The van der Waals surface area contributed by atoms with Crippen molar-refractivity contribution in [3.05, 3.63) is 34.6 Å². The highest BCUT2D eigenvalue weighted by atomic mass is 32.2. The van der Waals surface area contributed by atoms with Gasteiger partial charge in [-0.2, -0.15) is 0 Å². The zero-order chi connectivity index (χ0) is 16.4. The zero-order valence-corrected chi connectivity index (χ0v) is 13.6. The summed E-state index contributed by atoms with van der Waals surface area (Å²) in [6, 6.07) is 7.26. The Morgan fingerprint density at radius 3 is 2.52 bits per heavy atom. The molecule has 0 unspecified atom stereocenters. The normalized spacial score (nSPS) is 14.9. The van der Waals surface area contributed by atoms with Gasteiger partial charge in [0.25, 0.3) is 5.56 Å². The van der Waals surface area contributed by atoms with Gasteiger partial charge in [0.2, 0.25) is 11.8 Å². The van der Waals surface area contributed by atoms with E-state index in [1.165, 1.54) is 16.7 Å². The molecule has 23 heavy (non-hydrogen) atoms. The molecule has 0 radical (unpaired) electrons. The van der Waals surface area contributed by atoms with Crippen molar-refractivity contribution in [2.75, 3.05) is 12.3 Å². The summed E-state index contributed by atoms with van der Waals surface area (Å²) in [6.45, 7) is 2.78. The van der Waals surface area contributed by atoms with E-state index >= 15 is 0 Å². The van der Waals surface area contributed by atoms with E-state index in [2.05, 4.69) is 4.98 Å². The third-order valence-corrected chi connectivity index (χ3v) is 4.80. The molecule has 0 atom stereocenters. The minimum atomic E-state index is -0.116. The molecule has 6 nitrogen and oxygen atoms in total. The first-order valence-corrected chi connectivity index (χ1v) is 8.56. The molecule has 1 aliphatic rings. The van der Waals surface area contributed by atoms with Crippen molar-refractivity contribution in [3.63, 3.8) is 0 Å². The number of carbonyl (C=O) groups is 2. The molecule has 0 aliphatic carbocycles. The number of likely N-dealkylation sites (tertiary alicyclic amines) is 1. The van der Waals surface area contributed by atoms with Crippen LogP contribution in [0.5, 0.6) is 0 Å². The fourth-order valence-corrected chi connectivity index (χ4v) is 3.62. The number of thioether (sulfide) groups is 1. The SMILES string of the molecule is CCn1c(SCCN2C(=O)CCC2=O)nc2ccccc2c1=O. The van der Waals surface area contributed by atoms with E-state index < -0.39 is 0 Å². The fourth-order valence-electron chi connectivity index (χ4n) is 2.64. The second-order valence-electron chi connectivity index (χ2n) is 5.25. The van der Waals surface area contributed by atoms with E-state index in [4.69, 9.17) is 0 Å². The van der Waals surface area contributed by atoms with Gasteiger partial charge >= 0.3 is 0 Å². The first kappa shape index (κ1) is 15.7. The number of hydrogen-bond donors (Lipinski definition) is 0. The average Bonchev–Trinajstić information content (AvgIpc) is 2.87. The molecule has 1 aliphatic heterocycles. The van der Waals surface area contributed by atoms with Gasteiger partial charge in [-0.25, -0.2) is 4.98 Å². The average molecular weight is 331 g/mol. The van der Waals surface area contributed by atoms with Crippen molar-refractivity contribution in [2.45, 2.75) is 31.5 Å². The maximum absolute atomic E-state index is 12.5. The number of nitrogens with zero attached hydrogens (tertiary/aromatic N) is 3. The number of rotatable bonds is 5. The van der Waals surface area contributed by atoms with Crippen molar-refractivity contribution >= 4 is 34.5 Å². The summed E-state index contributed by atoms with van der Waals surface area (Å²) < 4.78 is 1.63. The number of fused-ring (bicyclic) bond motifs is 1. The van der Waals surface area contributed by atoms with Gasteiger partial charge in [-0.3, -0.25) is 23.9 Å². The Bertz CT molecular complexity index is 815. The Balaban J connectivity index is 1.81. The van der Waals surface area contributed by atoms with Crippen LogP contribution in [0.15, 0.2) is 34.2 Å². The molecule has 120 valence electrons. The van der Waals surface area contributed by atoms with Crippen LogP contribution in [0.1, 0.15) is 19.8 Å². The molecule has 1 aromatic carbocycles. The van der Waals surface area contributed by atoms with Crippen molar-refractivity contribution in [1.29, 1.82) is 0 Å². The van der Waals surface area contributed by atoms with Gasteiger partial charge in [-0.05, 0) is 19.1 Å². The van der Waals surface area contributed by atoms with Crippen LogP contribution < -0.4 is 5.56 Å². The number of para-hydroxylation sites is 1. The summed E-state index contributed by atoms with van der Waals surface area (Å²) in [5, 5.41) is 1.22. The lowest BCUT2D eigenvalue weighted by molar-refractivity contribution is -0.137. The quantitative estimate of drug-likeness (QED) is 0.473. The molecular weight excluding hydrogens is 314 g/mol. The summed E-state index contributed by atoms with van der Waals surface area (Å²) in [4.78, 5) is 41.5. The van der Waals surface area contributed by atoms with Crippen molar-refractivity contribution < 1.29 is 9.59 Å². The molecule has 1 aromatic heterocycles. The van der Waals surface area contributed by atoms with Crippen LogP contribution in [0.3, 0.4) is 0 Å². The standard InChI is InChI=1S/C16H17N3O3S/c1-2-18-15(22)11-5-3-4-6-12(11)17-16(18)23-10-9-19-13(20)7-8-14(19)21/h3-6H,2,7-10H2,1H3. The maximum atomic E-state index is 12.5. The zero-order valence-electron chi connectivity index (χ0n) is 12.8. The van der Waals surface area contributed by atoms with E-state index in [-0.39, 0.29) is 17.4 Å². The maximum Gasteiger partial charge on any atom is 0.262 e. The Morgan fingerprint density at radius 2 is 1.83 bits per heavy atom. The van der Waals surface area contributed by atoms with Gasteiger partial charge in [0.15, 0.2) is 5.16 Å². The lowest BCUT2D eigenvalue weighted by Crippen LogP contribution is -2.31. The number of amides is 2. The molecule has 2 amide bonds. The molecule has 0 N–H and O–H groups in total. The summed E-state index contributed by atoms with van der Waals surface area (Å²) in [5.74, 6) is 0.298. The van der Waals surface area contributed by atoms with Crippen molar-refractivity contribution in [3.8, 4) is 0 Å². The monoisotopic (exact) mass is 331 g/mol.